The molecule has 4 heteroatoms. The molecule has 4 nitrogen and oxygen atoms in total. The van der Waals surface area contributed by atoms with Gasteiger partial charge in [-0.05, 0) is 18.6 Å². The fraction of sp³-hybridized carbons (Fsp3) is 0.500. The van der Waals surface area contributed by atoms with E-state index in [-0.39, 0.29) is 11.7 Å². The van der Waals surface area contributed by atoms with E-state index < -0.39 is 0 Å². The maximum Gasteiger partial charge on any atom is 0.157 e. The smallest absolute Gasteiger partial charge is 0.157 e. The predicted molar refractivity (Wildman–Crippen MR) is 70.2 cm³/mol. The van der Waals surface area contributed by atoms with E-state index in [1.54, 1.807) is 7.11 Å². The van der Waals surface area contributed by atoms with Gasteiger partial charge >= 0.3 is 0 Å². The van der Waals surface area contributed by atoms with Crippen LogP contribution in [0.4, 0.5) is 5.69 Å². The van der Waals surface area contributed by atoms with E-state index in [2.05, 4.69) is 0 Å². The number of hydrogen-bond donors (Lipinski definition) is 0. The van der Waals surface area contributed by atoms with Gasteiger partial charge in [-0.1, -0.05) is 6.07 Å². The minimum absolute atomic E-state index is 0.0676. The first-order valence-electron chi connectivity index (χ1n) is 6.16. The number of ketones is 1. The number of carbonyl (C=O) groups excluding carboxylic acids is 1. The van der Waals surface area contributed by atoms with Gasteiger partial charge in [0.05, 0.1) is 20.3 Å². The molecule has 18 heavy (non-hydrogen) atoms. The van der Waals surface area contributed by atoms with Crippen LogP contribution in [0.1, 0.15) is 6.42 Å². The lowest BCUT2D eigenvalue weighted by Gasteiger charge is -2.20. The molecule has 0 radical (unpaired) electrons. The zero-order valence-corrected chi connectivity index (χ0v) is 10.9. The van der Waals surface area contributed by atoms with Crippen molar-refractivity contribution >= 4 is 11.5 Å². The van der Waals surface area contributed by atoms with Crippen LogP contribution >= 0.6 is 0 Å². The second-order valence-electron chi connectivity index (χ2n) is 4.58. The average Bonchev–Trinajstić information content (AvgIpc) is 2.92. The van der Waals surface area contributed by atoms with Crippen molar-refractivity contribution in [3.8, 4) is 5.75 Å². The highest BCUT2D eigenvalue weighted by Crippen LogP contribution is 2.21. The molecule has 0 saturated carbocycles. The third kappa shape index (κ3) is 3.01. The van der Waals surface area contributed by atoms with Gasteiger partial charge in [-0.25, -0.2) is 0 Å². The molecule has 1 heterocycles. The molecule has 1 atom stereocenters. The number of likely N-dealkylation sites (N-methyl/N-ethyl adjacent to an activating group) is 1. The van der Waals surface area contributed by atoms with Crippen LogP contribution in [0.25, 0.3) is 0 Å². The first-order chi connectivity index (χ1) is 8.70. The van der Waals surface area contributed by atoms with E-state index in [1.807, 2.05) is 36.2 Å². The number of ether oxygens (including phenoxy) is 2. The molecule has 0 aliphatic carbocycles. The highest BCUT2D eigenvalue weighted by molar-refractivity contribution is 5.86. The van der Waals surface area contributed by atoms with E-state index >= 15 is 0 Å². The Bertz CT molecular complexity index is 413. The average molecular weight is 249 g/mol. The molecule has 1 unspecified atom stereocenters. The van der Waals surface area contributed by atoms with Crippen molar-refractivity contribution in [2.75, 3.05) is 38.8 Å². The summed E-state index contributed by atoms with van der Waals surface area (Å²) >= 11 is 0. The third-order valence-corrected chi connectivity index (χ3v) is 3.27. The van der Waals surface area contributed by atoms with Gasteiger partial charge in [-0.2, -0.15) is 0 Å². The quantitative estimate of drug-likeness (QED) is 0.796. The summed E-state index contributed by atoms with van der Waals surface area (Å²) in [4.78, 5) is 14.0. The molecule has 0 bridgehead atoms. The van der Waals surface area contributed by atoms with Crippen LogP contribution in [0.5, 0.6) is 5.75 Å². The lowest BCUT2D eigenvalue weighted by molar-refractivity contribution is -0.121. The second kappa shape index (κ2) is 5.87. The minimum Gasteiger partial charge on any atom is -0.497 e. The van der Waals surface area contributed by atoms with Crippen molar-refractivity contribution in [1.29, 1.82) is 0 Å². The van der Waals surface area contributed by atoms with Crippen LogP contribution in [0, 0.1) is 5.92 Å². The Morgan fingerprint density at radius 3 is 3.06 bits per heavy atom. The summed E-state index contributed by atoms with van der Waals surface area (Å²) in [6.07, 6.45) is 0.852. The number of nitrogens with zero attached hydrogens (tertiary/aromatic N) is 1. The van der Waals surface area contributed by atoms with E-state index in [9.17, 15) is 4.79 Å². The molecular formula is C14H19NO3. The highest BCUT2D eigenvalue weighted by atomic mass is 16.5. The van der Waals surface area contributed by atoms with Crippen LogP contribution in [0.3, 0.4) is 0 Å². The van der Waals surface area contributed by atoms with E-state index in [0.717, 1.165) is 17.9 Å². The lowest BCUT2D eigenvalue weighted by atomic mass is 10.0. The predicted octanol–water partition coefficient (Wildman–Crippen LogP) is 1.74. The largest absolute Gasteiger partial charge is 0.497 e. The number of hydrogen-bond acceptors (Lipinski definition) is 4. The van der Waals surface area contributed by atoms with Crippen LogP contribution in [-0.2, 0) is 9.53 Å². The summed E-state index contributed by atoms with van der Waals surface area (Å²) in [5, 5.41) is 0. The first kappa shape index (κ1) is 12.9. The first-order valence-corrected chi connectivity index (χ1v) is 6.16. The highest BCUT2D eigenvalue weighted by Gasteiger charge is 2.24. The molecule has 1 fully saturated rings. The van der Waals surface area contributed by atoms with Gasteiger partial charge in [0.1, 0.15) is 5.75 Å². The Balaban J connectivity index is 1.97. The number of Topliss-reactive ketones (excluding diaryl/α,β-unsaturated/α-hetero) is 1. The summed E-state index contributed by atoms with van der Waals surface area (Å²) in [6, 6.07) is 7.72. The Morgan fingerprint density at radius 1 is 1.56 bits per heavy atom. The van der Waals surface area contributed by atoms with Gasteiger partial charge < -0.3 is 14.4 Å². The molecule has 1 aliphatic heterocycles. The molecule has 98 valence electrons. The zero-order chi connectivity index (χ0) is 13.0. The van der Waals surface area contributed by atoms with Gasteiger partial charge in [-0.3, -0.25) is 4.79 Å². The fourth-order valence-electron chi connectivity index (χ4n) is 2.09. The molecular weight excluding hydrogens is 230 g/mol. The van der Waals surface area contributed by atoms with Gasteiger partial charge in [-0.15, -0.1) is 0 Å². The lowest BCUT2D eigenvalue weighted by Crippen LogP contribution is -2.30. The number of methoxy groups -OCH3 is 1. The van der Waals surface area contributed by atoms with Crippen LogP contribution in [0.2, 0.25) is 0 Å². The number of benzene rings is 1. The number of anilines is 1. The van der Waals surface area contributed by atoms with Crippen molar-refractivity contribution in [2.24, 2.45) is 5.92 Å². The number of rotatable bonds is 5. The van der Waals surface area contributed by atoms with Crippen molar-refractivity contribution in [1.82, 2.24) is 0 Å². The van der Waals surface area contributed by atoms with Gasteiger partial charge in [0, 0.05) is 31.3 Å². The van der Waals surface area contributed by atoms with Gasteiger partial charge in [0.25, 0.3) is 0 Å². The van der Waals surface area contributed by atoms with Crippen LogP contribution < -0.4 is 9.64 Å². The Morgan fingerprint density at radius 2 is 2.39 bits per heavy atom. The second-order valence-corrected chi connectivity index (χ2v) is 4.58. The van der Waals surface area contributed by atoms with Crippen LogP contribution in [0.15, 0.2) is 24.3 Å². The van der Waals surface area contributed by atoms with Gasteiger partial charge in [0.2, 0.25) is 0 Å². The Labute approximate surface area is 107 Å². The van der Waals surface area contributed by atoms with Crippen LogP contribution in [-0.4, -0.2) is 39.7 Å². The molecule has 0 amide bonds. The molecule has 0 spiro atoms. The maximum absolute atomic E-state index is 12.0. The molecule has 0 N–H and O–H groups in total. The van der Waals surface area contributed by atoms with Crippen molar-refractivity contribution in [2.45, 2.75) is 6.42 Å². The topological polar surface area (TPSA) is 38.8 Å². The Kier molecular flexibility index (Phi) is 4.20. The standard InChI is InChI=1S/C14H19NO3/c1-15(9-14(16)11-6-7-18-10-11)12-4-3-5-13(8-12)17-2/h3-5,8,11H,6-7,9-10H2,1-2H3. The molecule has 2 rings (SSSR count). The SMILES string of the molecule is COc1cccc(N(C)CC(=O)C2CCOC2)c1. The van der Waals surface area contributed by atoms with E-state index in [1.165, 1.54) is 0 Å². The monoisotopic (exact) mass is 249 g/mol. The number of carbonyl (C=O) groups is 1. The molecule has 0 aromatic heterocycles. The summed E-state index contributed by atoms with van der Waals surface area (Å²) in [5.41, 5.74) is 0.988. The summed E-state index contributed by atoms with van der Waals surface area (Å²) in [7, 11) is 3.56. The van der Waals surface area contributed by atoms with Crippen molar-refractivity contribution in [3.63, 3.8) is 0 Å². The molecule has 1 aliphatic rings. The molecule has 1 saturated heterocycles. The fourth-order valence-corrected chi connectivity index (χ4v) is 2.09. The molecule has 1 aromatic carbocycles. The Hall–Kier alpha value is -1.55. The normalized spacial score (nSPS) is 18.7. The van der Waals surface area contributed by atoms with E-state index in [4.69, 9.17) is 9.47 Å². The maximum atomic E-state index is 12.0. The minimum atomic E-state index is 0.0676. The van der Waals surface area contributed by atoms with Gasteiger partial charge in [0.15, 0.2) is 5.78 Å². The third-order valence-electron chi connectivity index (χ3n) is 3.27. The molecule has 1 aromatic rings. The summed E-state index contributed by atoms with van der Waals surface area (Å²) in [6.45, 7) is 1.70. The summed E-state index contributed by atoms with van der Waals surface area (Å²) in [5.74, 6) is 1.12. The van der Waals surface area contributed by atoms with Crippen molar-refractivity contribution in [3.05, 3.63) is 24.3 Å². The van der Waals surface area contributed by atoms with E-state index in [0.29, 0.717) is 19.8 Å². The van der Waals surface area contributed by atoms with Crippen molar-refractivity contribution < 1.29 is 14.3 Å². The summed E-state index contributed by atoms with van der Waals surface area (Å²) < 4.78 is 10.4. The zero-order valence-electron chi connectivity index (χ0n) is 10.9.